The van der Waals surface area contributed by atoms with Crippen LogP contribution < -0.4 is 4.74 Å². The van der Waals surface area contributed by atoms with Crippen LogP contribution in [0.15, 0.2) is 24.3 Å². The van der Waals surface area contributed by atoms with Crippen molar-refractivity contribution in [3.8, 4) is 5.75 Å². The molecule has 0 radical (unpaired) electrons. The van der Waals surface area contributed by atoms with Gasteiger partial charge in [0.2, 0.25) is 0 Å². The third kappa shape index (κ3) is 3.87. The summed E-state index contributed by atoms with van der Waals surface area (Å²) >= 11 is 0. The van der Waals surface area contributed by atoms with Gasteiger partial charge in [0.05, 0.1) is 6.10 Å². The van der Waals surface area contributed by atoms with E-state index in [1.165, 1.54) is 12.1 Å². The molecule has 2 saturated heterocycles. The molecule has 2 aliphatic heterocycles. The fourth-order valence-electron chi connectivity index (χ4n) is 3.38. The summed E-state index contributed by atoms with van der Waals surface area (Å²) in [5.74, 6) is -2.19. The largest absolute Gasteiger partial charge is 0.491 e. The van der Waals surface area contributed by atoms with Crippen molar-refractivity contribution in [2.24, 2.45) is 5.41 Å². The molecule has 9 heteroatoms. The monoisotopic (exact) mass is 387 g/mol. The Labute approximate surface area is 153 Å². The molecule has 2 heterocycles. The van der Waals surface area contributed by atoms with Crippen molar-refractivity contribution >= 4 is 11.9 Å². The van der Waals surface area contributed by atoms with Crippen LogP contribution in [-0.4, -0.2) is 60.5 Å². The van der Waals surface area contributed by atoms with Crippen molar-refractivity contribution in [1.82, 2.24) is 4.90 Å². The number of carboxylic acid groups (broad SMARTS) is 1. The van der Waals surface area contributed by atoms with Crippen molar-refractivity contribution in [3.63, 3.8) is 0 Å². The SMILES string of the molecule is O=C(c1cccc(OCC2CCCO2)c1)N1CCC(C(=O)O)(C(F)(F)F)C1. The summed E-state index contributed by atoms with van der Waals surface area (Å²) in [6, 6.07) is 6.14. The number of halogens is 3. The zero-order chi connectivity index (χ0) is 19.7. The number of rotatable bonds is 5. The Morgan fingerprint density at radius 2 is 2.15 bits per heavy atom. The Morgan fingerprint density at radius 3 is 2.74 bits per heavy atom. The number of likely N-dealkylation sites (tertiary alicyclic amines) is 1. The molecule has 2 fully saturated rings. The second-order valence-corrected chi connectivity index (χ2v) is 6.84. The van der Waals surface area contributed by atoms with Gasteiger partial charge in [-0.2, -0.15) is 13.2 Å². The number of carbonyl (C=O) groups excluding carboxylic acids is 1. The minimum Gasteiger partial charge on any atom is -0.491 e. The number of nitrogens with zero attached hydrogens (tertiary/aromatic N) is 1. The summed E-state index contributed by atoms with van der Waals surface area (Å²) in [4.78, 5) is 24.8. The van der Waals surface area contributed by atoms with Crippen LogP contribution in [-0.2, 0) is 9.53 Å². The highest BCUT2D eigenvalue weighted by atomic mass is 19.4. The third-order valence-electron chi connectivity index (χ3n) is 5.05. The average Bonchev–Trinajstić information content (AvgIpc) is 3.29. The van der Waals surface area contributed by atoms with Crippen molar-refractivity contribution in [1.29, 1.82) is 0 Å². The highest BCUT2D eigenvalue weighted by molar-refractivity contribution is 5.95. The summed E-state index contributed by atoms with van der Waals surface area (Å²) < 4.78 is 50.9. The van der Waals surface area contributed by atoms with Gasteiger partial charge in [0, 0.05) is 25.3 Å². The van der Waals surface area contributed by atoms with E-state index in [0.29, 0.717) is 19.0 Å². The molecule has 1 N–H and O–H groups in total. The van der Waals surface area contributed by atoms with E-state index >= 15 is 0 Å². The summed E-state index contributed by atoms with van der Waals surface area (Å²) in [6.07, 6.45) is -3.74. The molecule has 3 rings (SSSR count). The summed E-state index contributed by atoms with van der Waals surface area (Å²) in [7, 11) is 0. The highest BCUT2D eigenvalue weighted by Gasteiger charge is 2.64. The molecule has 2 atom stereocenters. The molecule has 148 valence electrons. The van der Waals surface area contributed by atoms with Crippen LogP contribution in [0.5, 0.6) is 5.75 Å². The van der Waals surface area contributed by atoms with Crippen molar-refractivity contribution in [2.45, 2.75) is 31.5 Å². The molecule has 27 heavy (non-hydrogen) atoms. The lowest BCUT2D eigenvalue weighted by molar-refractivity contribution is -0.227. The molecule has 0 spiro atoms. The maximum absolute atomic E-state index is 13.3. The van der Waals surface area contributed by atoms with Gasteiger partial charge in [-0.15, -0.1) is 0 Å². The zero-order valence-electron chi connectivity index (χ0n) is 14.5. The molecule has 1 amide bonds. The lowest BCUT2D eigenvalue weighted by Gasteiger charge is -2.27. The summed E-state index contributed by atoms with van der Waals surface area (Å²) in [5.41, 5.74) is -2.76. The van der Waals surface area contributed by atoms with Gasteiger partial charge in [0.15, 0.2) is 5.41 Å². The number of alkyl halides is 3. The maximum atomic E-state index is 13.3. The molecular weight excluding hydrogens is 367 g/mol. The quantitative estimate of drug-likeness (QED) is 0.841. The number of ether oxygens (including phenoxy) is 2. The first-order valence-electron chi connectivity index (χ1n) is 8.67. The number of carboxylic acids is 1. The van der Waals surface area contributed by atoms with Gasteiger partial charge in [-0.05, 0) is 37.5 Å². The molecule has 2 unspecified atom stereocenters. The topological polar surface area (TPSA) is 76.1 Å². The van der Waals surface area contributed by atoms with Gasteiger partial charge >= 0.3 is 12.1 Å². The maximum Gasteiger partial charge on any atom is 0.406 e. The van der Waals surface area contributed by atoms with E-state index in [-0.39, 0.29) is 18.2 Å². The van der Waals surface area contributed by atoms with Crippen LogP contribution in [0.2, 0.25) is 0 Å². The van der Waals surface area contributed by atoms with Crippen molar-refractivity contribution < 1.29 is 37.3 Å². The first-order valence-corrected chi connectivity index (χ1v) is 8.67. The van der Waals surface area contributed by atoms with E-state index < -0.39 is 36.4 Å². The Bertz CT molecular complexity index is 717. The smallest absolute Gasteiger partial charge is 0.406 e. The van der Waals surface area contributed by atoms with E-state index in [1.54, 1.807) is 12.1 Å². The van der Waals surface area contributed by atoms with Gasteiger partial charge in [-0.25, -0.2) is 0 Å². The minimum atomic E-state index is -4.93. The van der Waals surface area contributed by atoms with Crippen molar-refractivity contribution in [3.05, 3.63) is 29.8 Å². The Morgan fingerprint density at radius 1 is 1.37 bits per heavy atom. The van der Waals surface area contributed by atoms with E-state index in [2.05, 4.69) is 0 Å². The Kier molecular flexibility index (Phi) is 5.32. The van der Waals surface area contributed by atoms with E-state index in [9.17, 15) is 22.8 Å². The lowest BCUT2D eigenvalue weighted by atomic mass is 9.86. The molecule has 0 aromatic heterocycles. The summed E-state index contributed by atoms with van der Waals surface area (Å²) in [5, 5.41) is 9.10. The Hall–Kier alpha value is -2.29. The second-order valence-electron chi connectivity index (χ2n) is 6.84. The fraction of sp³-hybridized carbons (Fsp3) is 0.556. The predicted octanol–water partition coefficient (Wildman–Crippen LogP) is 2.72. The average molecular weight is 387 g/mol. The number of carbonyl (C=O) groups is 2. The molecule has 6 nitrogen and oxygen atoms in total. The van der Waals surface area contributed by atoms with Gasteiger partial charge in [-0.1, -0.05) is 6.07 Å². The normalized spacial score (nSPS) is 25.6. The summed E-state index contributed by atoms with van der Waals surface area (Å²) in [6.45, 7) is -0.152. The highest BCUT2D eigenvalue weighted by Crippen LogP contribution is 2.46. The predicted molar refractivity (Wildman–Crippen MR) is 87.6 cm³/mol. The van der Waals surface area contributed by atoms with Gasteiger partial charge in [-0.3, -0.25) is 9.59 Å². The van der Waals surface area contributed by atoms with Gasteiger partial charge in [0.25, 0.3) is 5.91 Å². The fourth-order valence-corrected chi connectivity index (χ4v) is 3.38. The van der Waals surface area contributed by atoms with Crippen LogP contribution in [0.25, 0.3) is 0 Å². The first kappa shape index (κ1) is 19.5. The van der Waals surface area contributed by atoms with Crippen LogP contribution >= 0.6 is 0 Å². The van der Waals surface area contributed by atoms with Crippen LogP contribution in [0, 0.1) is 5.41 Å². The van der Waals surface area contributed by atoms with E-state index in [1.807, 2.05) is 0 Å². The first-order chi connectivity index (χ1) is 12.7. The molecule has 0 aliphatic carbocycles. The molecule has 1 aromatic rings. The van der Waals surface area contributed by atoms with E-state index in [0.717, 1.165) is 17.7 Å². The lowest BCUT2D eigenvalue weighted by Crippen LogP contribution is -2.47. The number of amides is 1. The van der Waals surface area contributed by atoms with Crippen LogP contribution in [0.3, 0.4) is 0 Å². The standard InChI is InChI=1S/C18H20F3NO5/c19-18(20,21)17(16(24)25)6-7-22(11-17)15(23)12-3-1-4-13(9-12)27-10-14-5-2-8-26-14/h1,3-4,9,14H,2,5-8,10-11H2,(H,24,25). The minimum absolute atomic E-state index is 0.00842. The number of hydrogen-bond donors (Lipinski definition) is 1. The molecule has 0 saturated carbocycles. The number of benzene rings is 1. The van der Waals surface area contributed by atoms with Crippen molar-refractivity contribution in [2.75, 3.05) is 26.3 Å². The molecule has 1 aromatic carbocycles. The van der Waals surface area contributed by atoms with Crippen LogP contribution in [0.1, 0.15) is 29.6 Å². The molecular formula is C18H20F3NO5. The van der Waals surface area contributed by atoms with Gasteiger partial charge in [0.1, 0.15) is 12.4 Å². The Balaban J connectivity index is 1.69. The number of hydrogen-bond acceptors (Lipinski definition) is 4. The van der Waals surface area contributed by atoms with Gasteiger partial charge < -0.3 is 19.5 Å². The number of aliphatic carboxylic acids is 1. The third-order valence-corrected chi connectivity index (χ3v) is 5.05. The molecule has 0 bridgehead atoms. The zero-order valence-corrected chi connectivity index (χ0v) is 14.5. The van der Waals surface area contributed by atoms with E-state index in [4.69, 9.17) is 14.6 Å². The second kappa shape index (κ2) is 7.38. The molecule has 2 aliphatic rings. The van der Waals surface area contributed by atoms with Crippen LogP contribution in [0.4, 0.5) is 13.2 Å².